The first-order chi connectivity index (χ1) is 19.5. The van der Waals surface area contributed by atoms with E-state index in [0.717, 1.165) is 31.2 Å². The molecule has 2 spiro atoms. The topological polar surface area (TPSA) is 59.0 Å². The molecule has 7 rings (SSSR count). The third-order valence-corrected chi connectivity index (χ3v) is 12.8. The minimum absolute atomic E-state index is 0.132. The van der Waals surface area contributed by atoms with Crippen molar-refractivity contribution in [3.8, 4) is 0 Å². The van der Waals surface area contributed by atoms with E-state index in [1.54, 1.807) is 5.06 Å². The number of carbonyl (C=O) groups is 1. The van der Waals surface area contributed by atoms with Gasteiger partial charge in [0.15, 0.2) is 0 Å². The van der Waals surface area contributed by atoms with Gasteiger partial charge in [0.25, 0.3) is 0 Å². The predicted molar refractivity (Wildman–Crippen MR) is 161 cm³/mol. The Bertz CT molecular complexity index is 1200. The molecule has 1 saturated heterocycles. The van der Waals surface area contributed by atoms with Gasteiger partial charge in [0.2, 0.25) is 0 Å². The van der Waals surface area contributed by atoms with Crippen LogP contribution in [0.15, 0.2) is 54.6 Å². The van der Waals surface area contributed by atoms with Crippen molar-refractivity contribution in [3.63, 3.8) is 0 Å². The lowest BCUT2D eigenvalue weighted by molar-refractivity contribution is -0.385. The third-order valence-electron chi connectivity index (χ3n) is 12.8. The molecule has 2 aliphatic heterocycles. The van der Waals surface area contributed by atoms with Gasteiger partial charge in [0.05, 0.1) is 6.10 Å². The molecule has 3 saturated carbocycles. The van der Waals surface area contributed by atoms with Crippen LogP contribution in [0.3, 0.4) is 0 Å². The SMILES string of the molecule is CC(C)[C@@H](C)C=C[C@@H](C)[C@H]1CC[C@@H]2[C@]1(C)CC[C@H]1[C@]23C=C[C@]2(C[C@@H](O)CC[C@]12C)N(C(=O)OCc1ccccc1)O3. The number of nitrogens with zero attached hydrogens (tertiary/aromatic N) is 1. The van der Waals surface area contributed by atoms with E-state index < -0.39 is 23.3 Å². The van der Waals surface area contributed by atoms with Crippen LogP contribution in [0.5, 0.6) is 0 Å². The van der Waals surface area contributed by atoms with Crippen LogP contribution >= 0.6 is 0 Å². The summed E-state index contributed by atoms with van der Waals surface area (Å²) in [4.78, 5) is 21.0. The number of aliphatic hydroxyl groups excluding tert-OH is 1. The predicted octanol–water partition coefficient (Wildman–Crippen LogP) is 8.10. The molecule has 4 aliphatic carbocycles. The number of rotatable bonds is 6. The van der Waals surface area contributed by atoms with Crippen molar-refractivity contribution >= 4 is 6.09 Å². The van der Waals surface area contributed by atoms with Crippen molar-refractivity contribution in [1.29, 1.82) is 0 Å². The van der Waals surface area contributed by atoms with Crippen LogP contribution in [0.1, 0.15) is 92.1 Å². The maximum atomic E-state index is 13.9. The molecule has 224 valence electrons. The molecule has 41 heavy (non-hydrogen) atoms. The first kappa shape index (κ1) is 29.0. The molecule has 0 unspecified atom stereocenters. The van der Waals surface area contributed by atoms with Gasteiger partial charge in [-0.15, -0.1) is 0 Å². The fourth-order valence-electron chi connectivity index (χ4n) is 10.0. The molecule has 2 bridgehead atoms. The Morgan fingerprint density at radius 2 is 1.78 bits per heavy atom. The Morgan fingerprint density at radius 3 is 2.51 bits per heavy atom. The largest absolute Gasteiger partial charge is 0.443 e. The lowest BCUT2D eigenvalue weighted by atomic mass is 9.41. The number of allylic oxidation sites excluding steroid dienone is 2. The van der Waals surface area contributed by atoms with Gasteiger partial charge in [0, 0.05) is 23.7 Å². The standard InChI is InChI=1S/C36H51NO4/c1-24(2)25(3)12-13-26(4)29-14-15-30-33(29,5)18-17-31-34(6)19-16-28(38)22-35(34)20-21-36(30,31)41-37(35)32(39)40-23-27-10-8-7-9-11-27/h7-13,20-21,24-26,28-31,38H,14-19,22-23H2,1-6H3/t25-,26+,28-,29+,30+,31+,33+,34+,35+,36-/m0/s1. The van der Waals surface area contributed by atoms with Gasteiger partial charge < -0.3 is 9.84 Å². The number of benzene rings is 1. The zero-order valence-electron chi connectivity index (χ0n) is 26.0. The van der Waals surface area contributed by atoms with Crippen LogP contribution in [0.4, 0.5) is 4.79 Å². The normalized spacial score (nSPS) is 42.6. The summed E-state index contributed by atoms with van der Waals surface area (Å²) in [6.45, 7) is 14.4. The van der Waals surface area contributed by atoms with Crippen LogP contribution in [0.2, 0.25) is 0 Å². The van der Waals surface area contributed by atoms with E-state index in [4.69, 9.17) is 9.57 Å². The molecule has 1 aromatic carbocycles. The van der Waals surface area contributed by atoms with E-state index in [-0.39, 0.29) is 17.4 Å². The number of aliphatic hydroxyl groups is 1. The Labute approximate surface area is 247 Å². The second-order valence-electron chi connectivity index (χ2n) is 15.0. The second kappa shape index (κ2) is 10.3. The fraction of sp³-hybridized carbons (Fsp3) is 0.694. The smallest absolute Gasteiger partial charge is 0.435 e. The first-order valence-electron chi connectivity index (χ1n) is 16.2. The minimum Gasteiger partial charge on any atom is -0.443 e. The van der Waals surface area contributed by atoms with Crippen molar-refractivity contribution in [2.24, 2.45) is 46.3 Å². The van der Waals surface area contributed by atoms with Crippen LogP contribution in [0.25, 0.3) is 0 Å². The number of fused-ring (bicyclic) bond motifs is 2. The quantitative estimate of drug-likeness (QED) is 0.357. The van der Waals surface area contributed by atoms with Crippen LogP contribution in [-0.4, -0.2) is 33.5 Å². The maximum Gasteiger partial charge on any atom is 0.435 e. The van der Waals surface area contributed by atoms with Crippen LogP contribution in [0, 0.1) is 46.3 Å². The van der Waals surface area contributed by atoms with Gasteiger partial charge >= 0.3 is 6.09 Å². The molecule has 1 amide bonds. The molecule has 5 heteroatoms. The zero-order valence-corrected chi connectivity index (χ0v) is 26.0. The Balaban J connectivity index is 1.34. The molecule has 5 nitrogen and oxygen atoms in total. The summed E-state index contributed by atoms with van der Waals surface area (Å²) in [6.07, 6.45) is 15.3. The van der Waals surface area contributed by atoms with Gasteiger partial charge in [-0.1, -0.05) is 96.2 Å². The molecule has 6 aliphatic rings. The lowest BCUT2D eigenvalue weighted by Crippen LogP contribution is -2.79. The molecule has 10 atom stereocenters. The van der Waals surface area contributed by atoms with E-state index in [1.807, 2.05) is 30.3 Å². The summed E-state index contributed by atoms with van der Waals surface area (Å²) in [7, 11) is 0. The number of carbonyl (C=O) groups excluding carboxylic acids is 1. The monoisotopic (exact) mass is 561 g/mol. The van der Waals surface area contributed by atoms with E-state index in [9.17, 15) is 9.90 Å². The van der Waals surface area contributed by atoms with Crippen LogP contribution in [-0.2, 0) is 16.2 Å². The van der Waals surface area contributed by atoms with Crippen molar-refractivity contribution in [3.05, 3.63) is 60.2 Å². The highest BCUT2D eigenvalue weighted by atomic mass is 16.7. The molecule has 1 aromatic rings. The first-order valence-corrected chi connectivity index (χ1v) is 16.2. The summed E-state index contributed by atoms with van der Waals surface area (Å²) < 4.78 is 5.93. The third kappa shape index (κ3) is 4.27. The highest BCUT2D eigenvalue weighted by Crippen LogP contribution is 2.73. The second-order valence-corrected chi connectivity index (χ2v) is 15.0. The highest BCUT2D eigenvalue weighted by molar-refractivity contribution is 5.69. The summed E-state index contributed by atoms with van der Waals surface area (Å²) in [6, 6.07) is 9.83. The fourth-order valence-corrected chi connectivity index (χ4v) is 10.0. The summed E-state index contributed by atoms with van der Waals surface area (Å²) in [5.74, 6) is 2.95. The van der Waals surface area contributed by atoms with E-state index in [0.29, 0.717) is 41.9 Å². The van der Waals surface area contributed by atoms with E-state index in [2.05, 4.69) is 65.8 Å². The number of hydrogen-bond acceptors (Lipinski definition) is 4. The van der Waals surface area contributed by atoms with Gasteiger partial charge in [-0.05, 0) is 73.2 Å². The Kier molecular flexibility index (Phi) is 7.25. The highest BCUT2D eigenvalue weighted by Gasteiger charge is 2.76. The summed E-state index contributed by atoms with van der Waals surface area (Å²) in [5.41, 5.74) is -0.313. The van der Waals surface area contributed by atoms with E-state index in [1.165, 1.54) is 12.8 Å². The molecular formula is C36H51NO4. The lowest BCUT2D eigenvalue weighted by Gasteiger charge is -2.72. The maximum absolute atomic E-state index is 13.9. The molecule has 2 heterocycles. The number of hydroxylamine groups is 2. The molecule has 0 radical (unpaired) electrons. The van der Waals surface area contributed by atoms with Gasteiger partial charge in [0.1, 0.15) is 17.7 Å². The van der Waals surface area contributed by atoms with Crippen molar-refractivity contribution in [2.75, 3.05) is 0 Å². The minimum atomic E-state index is -0.695. The van der Waals surface area contributed by atoms with Crippen molar-refractivity contribution in [1.82, 2.24) is 5.06 Å². The van der Waals surface area contributed by atoms with Crippen molar-refractivity contribution in [2.45, 2.75) is 110 Å². The van der Waals surface area contributed by atoms with Gasteiger partial charge in [-0.2, -0.15) is 5.06 Å². The molecular weight excluding hydrogens is 510 g/mol. The van der Waals surface area contributed by atoms with Crippen molar-refractivity contribution < 1.29 is 19.5 Å². The van der Waals surface area contributed by atoms with Gasteiger partial charge in [-0.25, -0.2) is 4.79 Å². The Hall–Kier alpha value is -2.11. The summed E-state index contributed by atoms with van der Waals surface area (Å²) in [5, 5.41) is 12.5. The zero-order chi connectivity index (χ0) is 29.2. The van der Waals surface area contributed by atoms with Crippen LogP contribution < -0.4 is 0 Å². The summed E-state index contributed by atoms with van der Waals surface area (Å²) >= 11 is 0. The molecule has 0 aromatic heterocycles. The van der Waals surface area contributed by atoms with E-state index >= 15 is 0 Å². The number of hydrogen-bond donors (Lipinski definition) is 1. The van der Waals surface area contributed by atoms with Gasteiger partial charge in [-0.3, -0.25) is 4.84 Å². The average Bonchev–Trinajstić information content (AvgIpc) is 3.32. The molecule has 4 fully saturated rings. The average molecular weight is 562 g/mol. The molecule has 1 N–H and O–H groups in total. The Morgan fingerprint density at radius 1 is 1.02 bits per heavy atom. The number of amides is 1. The number of ether oxygens (including phenoxy) is 1.